The van der Waals surface area contributed by atoms with Crippen LogP contribution in [0.4, 0.5) is 5.69 Å². The van der Waals surface area contributed by atoms with Crippen molar-refractivity contribution in [3.63, 3.8) is 0 Å². The first-order valence-corrected chi connectivity index (χ1v) is 7.83. The van der Waals surface area contributed by atoms with Gasteiger partial charge in [0, 0.05) is 18.8 Å². The Bertz CT molecular complexity index is 608. The predicted octanol–water partition coefficient (Wildman–Crippen LogP) is 1.96. The molecule has 0 bridgehead atoms. The van der Waals surface area contributed by atoms with Gasteiger partial charge in [-0.3, -0.25) is 14.5 Å². The third kappa shape index (κ3) is 2.50. The Balaban J connectivity index is 1.80. The molecule has 0 saturated heterocycles. The summed E-state index contributed by atoms with van der Waals surface area (Å²) in [6.45, 7) is 5.10. The van der Waals surface area contributed by atoms with Gasteiger partial charge in [-0.15, -0.1) is 0 Å². The number of nitrogens with one attached hydrogen (secondary N) is 1. The van der Waals surface area contributed by atoms with E-state index in [1.54, 1.807) is 0 Å². The summed E-state index contributed by atoms with van der Waals surface area (Å²) in [5.74, 6) is -0.655. The Morgan fingerprint density at radius 3 is 2.77 bits per heavy atom. The molecule has 1 aliphatic heterocycles. The van der Waals surface area contributed by atoms with Gasteiger partial charge in [-0.05, 0) is 43.0 Å². The first-order chi connectivity index (χ1) is 10.6. The van der Waals surface area contributed by atoms with Crippen molar-refractivity contribution < 1.29 is 14.3 Å². The van der Waals surface area contributed by atoms with E-state index in [9.17, 15) is 9.59 Å². The number of methoxy groups -OCH3 is 1. The molecule has 1 aliphatic carbocycles. The quantitative estimate of drug-likeness (QED) is 0.682. The summed E-state index contributed by atoms with van der Waals surface area (Å²) in [6, 6.07) is 6.00. The van der Waals surface area contributed by atoms with Gasteiger partial charge in [0.25, 0.3) is 0 Å². The Labute approximate surface area is 130 Å². The van der Waals surface area contributed by atoms with E-state index in [2.05, 4.69) is 23.2 Å². The molecular formula is C17H22N2O3. The highest BCUT2D eigenvalue weighted by Crippen LogP contribution is 2.47. The molecule has 0 aromatic heterocycles. The van der Waals surface area contributed by atoms with Crippen LogP contribution in [0.2, 0.25) is 0 Å². The highest BCUT2D eigenvalue weighted by atomic mass is 16.5. The van der Waals surface area contributed by atoms with E-state index in [0.717, 1.165) is 31.7 Å². The normalized spacial score (nSPS) is 19.2. The number of ether oxygens (including phenoxy) is 1. The standard InChI is InChI=1S/C17H22N2O3/c1-3-19-10-7-13-12(11-19)5-4-6-14(13)18-15(20)17(8-9-17)16(21)22-2/h4-6H,3,7-11H2,1-2H3,(H,18,20). The topological polar surface area (TPSA) is 58.6 Å². The highest BCUT2D eigenvalue weighted by molar-refractivity contribution is 6.11. The van der Waals surface area contributed by atoms with Crippen LogP contribution in [-0.4, -0.2) is 37.0 Å². The van der Waals surface area contributed by atoms with Crippen LogP contribution in [0.5, 0.6) is 0 Å². The molecule has 1 aromatic carbocycles. The minimum absolute atomic E-state index is 0.231. The van der Waals surface area contributed by atoms with E-state index in [-0.39, 0.29) is 5.91 Å². The molecule has 5 heteroatoms. The van der Waals surface area contributed by atoms with Crippen molar-refractivity contribution in [2.75, 3.05) is 25.5 Å². The van der Waals surface area contributed by atoms with E-state index in [4.69, 9.17) is 4.74 Å². The number of anilines is 1. The molecular weight excluding hydrogens is 280 g/mol. The molecule has 1 fully saturated rings. The van der Waals surface area contributed by atoms with Gasteiger partial charge < -0.3 is 10.1 Å². The molecule has 1 aromatic rings. The summed E-state index contributed by atoms with van der Waals surface area (Å²) in [7, 11) is 1.33. The van der Waals surface area contributed by atoms with Crippen molar-refractivity contribution in [2.45, 2.75) is 32.7 Å². The van der Waals surface area contributed by atoms with Crippen LogP contribution in [0.25, 0.3) is 0 Å². The van der Waals surface area contributed by atoms with Crippen molar-refractivity contribution >= 4 is 17.6 Å². The molecule has 1 saturated carbocycles. The summed E-state index contributed by atoms with van der Waals surface area (Å²) in [6.07, 6.45) is 2.07. The molecule has 2 aliphatic rings. The fourth-order valence-corrected chi connectivity index (χ4v) is 3.14. The molecule has 22 heavy (non-hydrogen) atoms. The zero-order valence-electron chi connectivity index (χ0n) is 13.1. The maximum Gasteiger partial charge on any atom is 0.321 e. The van der Waals surface area contributed by atoms with Gasteiger partial charge in [-0.2, -0.15) is 0 Å². The van der Waals surface area contributed by atoms with Crippen LogP contribution >= 0.6 is 0 Å². The number of benzene rings is 1. The number of nitrogens with zero attached hydrogens (tertiary/aromatic N) is 1. The van der Waals surface area contributed by atoms with Crippen molar-refractivity contribution in [1.29, 1.82) is 0 Å². The lowest BCUT2D eigenvalue weighted by atomic mass is 9.97. The summed E-state index contributed by atoms with van der Waals surface area (Å²) < 4.78 is 4.77. The van der Waals surface area contributed by atoms with E-state index >= 15 is 0 Å². The number of carbonyl (C=O) groups is 2. The number of hydrogen-bond acceptors (Lipinski definition) is 4. The van der Waals surface area contributed by atoms with Gasteiger partial charge in [0.15, 0.2) is 0 Å². The molecule has 118 valence electrons. The van der Waals surface area contributed by atoms with Crippen LogP contribution < -0.4 is 5.32 Å². The Kier molecular flexibility index (Phi) is 3.91. The smallest absolute Gasteiger partial charge is 0.321 e. The van der Waals surface area contributed by atoms with Gasteiger partial charge >= 0.3 is 5.97 Å². The maximum atomic E-state index is 12.5. The van der Waals surface area contributed by atoms with Crippen molar-refractivity contribution in [1.82, 2.24) is 4.90 Å². The van der Waals surface area contributed by atoms with Crippen LogP contribution in [0.15, 0.2) is 18.2 Å². The summed E-state index contributed by atoms with van der Waals surface area (Å²) in [4.78, 5) is 26.7. The zero-order valence-corrected chi connectivity index (χ0v) is 13.1. The lowest BCUT2D eigenvalue weighted by molar-refractivity contribution is -0.150. The van der Waals surface area contributed by atoms with Gasteiger partial charge in [0.2, 0.25) is 5.91 Å². The number of carbonyl (C=O) groups excluding carboxylic acids is 2. The number of hydrogen-bond donors (Lipinski definition) is 1. The van der Waals surface area contributed by atoms with Gasteiger partial charge in [0.05, 0.1) is 7.11 Å². The molecule has 0 atom stereocenters. The average Bonchev–Trinajstić information content (AvgIpc) is 3.35. The molecule has 1 N–H and O–H groups in total. The van der Waals surface area contributed by atoms with Crippen LogP contribution in [0, 0.1) is 5.41 Å². The second kappa shape index (κ2) is 5.72. The fourth-order valence-electron chi connectivity index (χ4n) is 3.14. The Morgan fingerprint density at radius 1 is 1.36 bits per heavy atom. The zero-order chi connectivity index (χ0) is 15.7. The number of fused-ring (bicyclic) bond motifs is 1. The van der Waals surface area contributed by atoms with Gasteiger partial charge in [0.1, 0.15) is 5.41 Å². The average molecular weight is 302 g/mol. The lowest BCUT2D eigenvalue weighted by Gasteiger charge is -2.29. The third-order valence-corrected chi connectivity index (χ3v) is 4.80. The Morgan fingerprint density at radius 2 is 2.14 bits per heavy atom. The van der Waals surface area contributed by atoms with Gasteiger partial charge in [-0.25, -0.2) is 0 Å². The molecule has 3 rings (SSSR count). The van der Waals surface area contributed by atoms with Crippen molar-refractivity contribution in [3.8, 4) is 0 Å². The van der Waals surface area contributed by atoms with Crippen LogP contribution in [-0.2, 0) is 27.3 Å². The number of amides is 1. The number of esters is 1. The molecule has 1 amide bonds. The van der Waals surface area contributed by atoms with Crippen molar-refractivity contribution in [2.24, 2.45) is 5.41 Å². The van der Waals surface area contributed by atoms with E-state index in [1.807, 2.05) is 12.1 Å². The van der Waals surface area contributed by atoms with Gasteiger partial charge in [-0.1, -0.05) is 19.1 Å². The first kappa shape index (κ1) is 15.0. The van der Waals surface area contributed by atoms with E-state index in [0.29, 0.717) is 12.8 Å². The minimum Gasteiger partial charge on any atom is -0.468 e. The molecule has 0 spiro atoms. The maximum absolute atomic E-state index is 12.5. The minimum atomic E-state index is -0.957. The second-order valence-corrected chi connectivity index (χ2v) is 6.09. The summed E-state index contributed by atoms with van der Waals surface area (Å²) in [5.41, 5.74) is 2.34. The third-order valence-electron chi connectivity index (χ3n) is 4.80. The molecule has 0 unspecified atom stereocenters. The SMILES string of the molecule is CCN1CCc2c(cccc2NC(=O)C2(C(=O)OC)CC2)C1. The van der Waals surface area contributed by atoms with E-state index < -0.39 is 11.4 Å². The van der Waals surface area contributed by atoms with Crippen LogP contribution in [0.1, 0.15) is 30.9 Å². The molecule has 0 radical (unpaired) electrons. The first-order valence-electron chi connectivity index (χ1n) is 7.83. The predicted molar refractivity (Wildman–Crippen MR) is 83.4 cm³/mol. The summed E-state index contributed by atoms with van der Waals surface area (Å²) in [5, 5.41) is 2.96. The Hall–Kier alpha value is -1.88. The molecule has 5 nitrogen and oxygen atoms in total. The molecule has 1 heterocycles. The number of rotatable bonds is 4. The second-order valence-electron chi connectivity index (χ2n) is 6.09. The van der Waals surface area contributed by atoms with Crippen molar-refractivity contribution in [3.05, 3.63) is 29.3 Å². The largest absolute Gasteiger partial charge is 0.468 e. The highest BCUT2D eigenvalue weighted by Gasteiger charge is 2.57. The van der Waals surface area contributed by atoms with E-state index in [1.165, 1.54) is 18.2 Å². The number of likely N-dealkylation sites (N-methyl/N-ethyl adjacent to an activating group) is 1. The monoisotopic (exact) mass is 302 g/mol. The van der Waals surface area contributed by atoms with Crippen LogP contribution in [0.3, 0.4) is 0 Å². The summed E-state index contributed by atoms with van der Waals surface area (Å²) >= 11 is 0. The fraction of sp³-hybridized carbons (Fsp3) is 0.529. The lowest BCUT2D eigenvalue weighted by Crippen LogP contribution is -2.34.